The predicted octanol–water partition coefficient (Wildman–Crippen LogP) is -2.39. The minimum atomic E-state index is -2.82. The zero-order valence-corrected chi connectivity index (χ0v) is 5.48. The van der Waals surface area contributed by atoms with Crippen LogP contribution in [0.4, 0.5) is 0 Å². The molecule has 0 aromatic heterocycles. The summed E-state index contributed by atoms with van der Waals surface area (Å²) in [7, 11) is 0. The third-order valence-corrected chi connectivity index (χ3v) is 1.16. The summed E-state index contributed by atoms with van der Waals surface area (Å²) < 4.78 is 0. The van der Waals surface area contributed by atoms with Crippen molar-refractivity contribution in [3.8, 4) is 0 Å². The normalized spacial score (nSPS) is 14.9. The fourth-order valence-electron chi connectivity index (χ4n) is 0.362. The van der Waals surface area contributed by atoms with E-state index in [4.69, 9.17) is 20.4 Å². The number of ketones is 1. The van der Waals surface area contributed by atoms with E-state index in [9.17, 15) is 4.79 Å². The number of hydrogen-bond acceptors (Lipinski definition) is 5. The number of hydrogen-bond donors (Lipinski definition) is 4. The Hall–Kier alpha value is -0.490. The van der Waals surface area contributed by atoms with Gasteiger partial charge in [-0.05, 0) is 0 Å². The molecule has 0 radical (unpaired) electrons. The van der Waals surface area contributed by atoms with Crippen LogP contribution in [0.3, 0.4) is 0 Å². The maximum atomic E-state index is 10.3. The van der Waals surface area contributed by atoms with Gasteiger partial charge in [-0.25, -0.2) is 0 Å². The lowest BCUT2D eigenvalue weighted by Gasteiger charge is -2.22. The average Bonchev–Trinajstić information content (AvgIpc) is 1.86. The first kappa shape index (κ1) is 9.51. The minimum Gasteiger partial charge on any atom is -0.393 e. The summed E-state index contributed by atoms with van der Waals surface area (Å²) in [5, 5.41) is 34.1. The fraction of sp³-hybridized carbons (Fsp3) is 0.800. The second-order valence-electron chi connectivity index (χ2n) is 1.98. The van der Waals surface area contributed by atoms with Crippen molar-refractivity contribution in [3.63, 3.8) is 0 Å². The molecule has 0 rings (SSSR count). The van der Waals surface area contributed by atoms with Gasteiger partial charge in [0.05, 0.1) is 6.61 Å². The zero-order valence-electron chi connectivity index (χ0n) is 5.48. The number of rotatable bonds is 3. The Morgan fingerprint density at radius 1 is 1.60 bits per heavy atom. The number of Topliss-reactive ketones (excluding diaryl/α,β-unsaturated/α-hetero) is 1. The van der Waals surface area contributed by atoms with Crippen LogP contribution in [0.2, 0.25) is 0 Å². The van der Waals surface area contributed by atoms with Crippen LogP contribution in [0.1, 0.15) is 6.92 Å². The molecule has 0 saturated heterocycles. The van der Waals surface area contributed by atoms with Crippen molar-refractivity contribution >= 4 is 5.78 Å². The van der Waals surface area contributed by atoms with Gasteiger partial charge in [0.25, 0.3) is 5.79 Å². The lowest BCUT2D eigenvalue weighted by molar-refractivity contribution is -0.223. The summed E-state index contributed by atoms with van der Waals surface area (Å²) in [4.78, 5) is 10.3. The summed E-state index contributed by atoms with van der Waals surface area (Å²) in [6.45, 7) is 0.0332. The van der Waals surface area contributed by atoms with Gasteiger partial charge < -0.3 is 20.4 Å². The molecule has 0 spiro atoms. The molecule has 0 aliphatic rings. The van der Waals surface area contributed by atoms with Crippen LogP contribution in [0.15, 0.2) is 0 Å². The molecular weight excluding hydrogens is 141 g/mol. The van der Waals surface area contributed by atoms with Crippen LogP contribution in [-0.2, 0) is 4.79 Å². The molecule has 0 aliphatic carbocycles. The molecule has 0 heterocycles. The van der Waals surface area contributed by atoms with Crippen molar-refractivity contribution in [1.82, 2.24) is 0 Å². The van der Waals surface area contributed by atoms with Crippen LogP contribution >= 0.6 is 0 Å². The largest absolute Gasteiger partial charge is 0.393 e. The monoisotopic (exact) mass is 151 g/mol. The lowest BCUT2D eigenvalue weighted by atomic mass is 10.1. The van der Waals surface area contributed by atoms with Gasteiger partial charge in [-0.3, -0.25) is 4.79 Å². The Morgan fingerprint density at radius 3 is 2.10 bits per heavy atom. The van der Waals surface area contributed by atoms with Crippen molar-refractivity contribution in [1.29, 1.82) is 0 Å². The Morgan fingerprint density at radius 2 is 2.00 bits per heavy atom. The van der Waals surface area contributed by atoms with Crippen molar-refractivity contribution in [2.75, 3.05) is 6.61 Å². The summed E-state index contributed by atoms with van der Waals surface area (Å²) >= 11 is 0. The highest BCUT2D eigenvalue weighted by molar-refractivity contribution is 5.83. The molecule has 5 nitrogen and oxygen atoms in total. The predicted molar refractivity (Wildman–Crippen MR) is 30.9 cm³/mol. The molecular formula is C5H10O5. The molecule has 0 amide bonds. The first-order chi connectivity index (χ1) is 4.42. The van der Waals surface area contributed by atoms with Gasteiger partial charge in [0.2, 0.25) is 0 Å². The Balaban J connectivity index is 4.23. The SMILES string of the molecule is [13CH3]C(=O)C(O)(O)[C@@H](O)CO. The van der Waals surface area contributed by atoms with E-state index in [1.54, 1.807) is 0 Å². The molecule has 0 bridgehead atoms. The summed E-state index contributed by atoms with van der Waals surface area (Å²) in [5.74, 6) is -3.83. The lowest BCUT2D eigenvalue weighted by Crippen LogP contribution is -2.50. The van der Waals surface area contributed by atoms with Gasteiger partial charge in [-0.2, -0.15) is 0 Å². The quantitative estimate of drug-likeness (QED) is 0.266. The molecule has 4 N–H and O–H groups in total. The van der Waals surface area contributed by atoms with Gasteiger partial charge in [0, 0.05) is 6.92 Å². The Kier molecular flexibility index (Phi) is 2.92. The number of aliphatic hydroxyl groups excluding tert-OH is 2. The van der Waals surface area contributed by atoms with Gasteiger partial charge in [0.15, 0.2) is 5.78 Å². The molecule has 0 unspecified atom stereocenters. The van der Waals surface area contributed by atoms with Gasteiger partial charge >= 0.3 is 0 Å². The van der Waals surface area contributed by atoms with E-state index in [0.29, 0.717) is 0 Å². The fourth-order valence-corrected chi connectivity index (χ4v) is 0.362. The highest BCUT2D eigenvalue weighted by atomic mass is 16.5. The van der Waals surface area contributed by atoms with Crippen LogP contribution < -0.4 is 0 Å². The molecule has 1 atom stereocenters. The van der Waals surface area contributed by atoms with Crippen LogP contribution in [-0.4, -0.2) is 44.7 Å². The van der Waals surface area contributed by atoms with Crippen molar-refractivity contribution in [2.45, 2.75) is 18.8 Å². The molecule has 0 aromatic rings. The molecule has 5 heteroatoms. The van der Waals surface area contributed by atoms with E-state index in [0.717, 1.165) is 6.92 Å². The highest BCUT2D eigenvalue weighted by Gasteiger charge is 2.37. The molecule has 0 fully saturated rings. The first-order valence-corrected chi connectivity index (χ1v) is 2.67. The van der Waals surface area contributed by atoms with E-state index < -0.39 is 24.3 Å². The molecule has 0 aromatic carbocycles. The summed E-state index contributed by atoms with van der Waals surface area (Å²) in [5.41, 5.74) is 0. The number of carbonyl (C=O) groups is 1. The van der Waals surface area contributed by atoms with Crippen molar-refractivity contribution in [2.24, 2.45) is 0 Å². The molecule has 0 aliphatic heterocycles. The van der Waals surface area contributed by atoms with Crippen LogP contribution in [0, 0.1) is 0 Å². The van der Waals surface area contributed by atoms with E-state index in [2.05, 4.69) is 0 Å². The van der Waals surface area contributed by atoms with Gasteiger partial charge in [-0.1, -0.05) is 0 Å². The minimum absolute atomic E-state index is 0.868. The van der Waals surface area contributed by atoms with E-state index in [1.165, 1.54) is 0 Å². The summed E-state index contributed by atoms with van der Waals surface area (Å²) in [6, 6.07) is 0. The number of carbonyl (C=O) groups excluding carboxylic acids is 1. The van der Waals surface area contributed by atoms with Gasteiger partial charge in [-0.15, -0.1) is 0 Å². The molecule has 60 valence electrons. The molecule has 0 saturated carbocycles. The second-order valence-corrected chi connectivity index (χ2v) is 1.98. The maximum absolute atomic E-state index is 10.3. The van der Waals surface area contributed by atoms with Crippen molar-refractivity contribution < 1.29 is 25.2 Å². The van der Waals surface area contributed by atoms with Gasteiger partial charge in [0.1, 0.15) is 6.10 Å². The van der Waals surface area contributed by atoms with E-state index in [1.807, 2.05) is 0 Å². The smallest absolute Gasteiger partial charge is 0.252 e. The van der Waals surface area contributed by atoms with Crippen molar-refractivity contribution in [3.05, 3.63) is 0 Å². The van der Waals surface area contributed by atoms with Crippen LogP contribution in [0.25, 0.3) is 0 Å². The van der Waals surface area contributed by atoms with E-state index >= 15 is 0 Å². The Bertz CT molecular complexity index is 130. The molecule has 10 heavy (non-hydrogen) atoms. The van der Waals surface area contributed by atoms with Crippen LogP contribution in [0.5, 0.6) is 0 Å². The second kappa shape index (κ2) is 3.07. The number of aliphatic hydroxyl groups is 4. The first-order valence-electron chi connectivity index (χ1n) is 2.67. The Labute approximate surface area is 57.5 Å². The topological polar surface area (TPSA) is 98.0 Å². The third-order valence-electron chi connectivity index (χ3n) is 1.16. The summed E-state index contributed by atoms with van der Waals surface area (Å²) in [6.07, 6.45) is -1.84. The highest BCUT2D eigenvalue weighted by Crippen LogP contribution is 2.06. The maximum Gasteiger partial charge on any atom is 0.252 e. The third kappa shape index (κ3) is 1.74. The van der Waals surface area contributed by atoms with E-state index in [-0.39, 0.29) is 0 Å². The zero-order chi connectivity index (χ0) is 8.36. The standard InChI is InChI=1S/C5H10O5/c1-3(7)5(9,10)4(8)2-6/h4,6,8-10H,2H2,1H3/t4-/m0/s1/i1+1. The average molecular weight is 151 g/mol.